The zero-order valence-corrected chi connectivity index (χ0v) is 16.6. The van der Waals surface area contributed by atoms with Gasteiger partial charge in [-0.2, -0.15) is 0 Å². The van der Waals surface area contributed by atoms with E-state index in [4.69, 9.17) is 16.3 Å². The number of carbonyl (C=O) groups excluding carboxylic acids is 2. The molecule has 152 valence electrons. The van der Waals surface area contributed by atoms with E-state index >= 15 is 0 Å². The highest BCUT2D eigenvalue weighted by Crippen LogP contribution is 2.60. The van der Waals surface area contributed by atoms with Crippen LogP contribution < -0.4 is 20.7 Å². The van der Waals surface area contributed by atoms with Crippen LogP contribution in [0.3, 0.4) is 0 Å². The molecule has 1 aromatic carbocycles. The van der Waals surface area contributed by atoms with Crippen LogP contribution in [-0.2, 0) is 9.59 Å². The lowest BCUT2D eigenvalue weighted by Crippen LogP contribution is -2.84. The normalized spacial score (nSPS) is 33.2. The second-order valence-electron chi connectivity index (χ2n) is 8.57. The first kappa shape index (κ1) is 19.5. The van der Waals surface area contributed by atoms with Crippen molar-refractivity contribution in [3.05, 3.63) is 29.0 Å². The summed E-state index contributed by atoms with van der Waals surface area (Å²) in [6, 6.07) is 4.06. The number of halogens is 2. The molecule has 28 heavy (non-hydrogen) atoms. The van der Waals surface area contributed by atoms with Crippen LogP contribution in [0.5, 0.6) is 5.75 Å². The molecular weight excluding hydrogens is 385 g/mol. The Bertz CT molecular complexity index is 783. The predicted molar refractivity (Wildman–Crippen MR) is 103 cm³/mol. The summed E-state index contributed by atoms with van der Waals surface area (Å²) in [5.41, 5.74) is -0.406. The molecule has 6 nitrogen and oxygen atoms in total. The Hall–Kier alpha value is -1.86. The third-order valence-corrected chi connectivity index (χ3v) is 6.56. The summed E-state index contributed by atoms with van der Waals surface area (Å²) in [6.07, 6.45) is 3.27. The Labute approximate surface area is 168 Å². The monoisotopic (exact) mass is 409 g/mol. The van der Waals surface area contributed by atoms with Crippen molar-refractivity contribution in [3.8, 4) is 5.75 Å². The zero-order chi connectivity index (χ0) is 19.9. The molecule has 2 bridgehead atoms. The maximum Gasteiger partial charge on any atom is 0.258 e. The molecule has 3 N–H and O–H groups in total. The van der Waals surface area contributed by atoms with Gasteiger partial charge in [0.2, 0.25) is 5.91 Å². The first-order valence-electron chi connectivity index (χ1n) is 9.71. The quantitative estimate of drug-likeness (QED) is 0.671. The van der Waals surface area contributed by atoms with E-state index in [1.54, 1.807) is 0 Å². The number of hydrogen-bond acceptors (Lipinski definition) is 4. The van der Waals surface area contributed by atoms with E-state index in [0.717, 1.165) is 44.8 Å². The predicted octanol–water partition coefficient (Wildman–Crippen LogP) is 2.01. The number of hydrogen-bond donors (Lipinski definition) is 3. The Morgan fingerprint density at radius 3 is 2.68 bits per heavy atom. The molecule has 1 saturated heterocycles. The van der Waals surface area contributed by atoms with Crippen LogP contribution in [-0.4, -0.2) is 42.6 Å². The SMILES string of the molecule is CC1CCNCC1C(=O)NC12CC(NC(=O)COc3ccc(Cl)c(F)c3)(C1)C2. The second kappa shape index (κ2) is 7.19. The van der Waals surface area contributed by atoms with Crippen molar-refractivity contribution in [2.75, 3.05) is 19.7 Å². The lowest BCUT2D eigenvalue weighted by atomic mass is 9.44. The van der Waals surface area contributed by atoms with Gasteiger partial charge in [0, 0.05) is 23.7 Å². The number of carbonyl (C=O) groups is 2. The maximum absolute atomic E-state index is 13.4. The number of nitrogens with one attached hydrogen (secondary N) is 3. The molecule has 1 aromatic rings. The fourth-order valence-electron chi connectivity index (χ4n) is 4.80. The fraction of sp³-hybridized carbons (Fsp3) is 0.600. The minimum atomic E-state index is -0.584. The minimum Gasteiger partial charge on any atom is -0.484 e. The van der Waals surface area contributed by atoms with Crippen molar-refractivity contribution in [1.82, 2.24) is 16.0 Å². The van der Waals surface area contributed by atoms with Crippen molar-refractivity contribution in [3.63, 3.8) is 0 Å². The van der Waals surface area contributed by atoms with E-state index < -0.39 is 5.82 Å². The first-order chi connectivity index (χ1) is 13.3. The lowest BCUT2D eigenvalue weighted by molar-refractivity contribution is -0.153. The van der Waals surface area contributed by atoms with Crippen LogP contribution in [0.15, 0.2) is 18.2 Å². The average molecular weight is 410 g/mol. The third kappa shape index (κ3) is 3.70. The summed E-state index contributed by atoms with van der Waals surface area (Å²) in [4.78, 5) is 24.7. The van der Waals surface area contributed by atoms with Gasteiger partial charge in [0.05, 0.1) is 10.9 Å². The molecule has 0 aromatic heterocycles. The molecule has 3 aliphatic carbocycles. The molecule has 2 unspecified atom stereocenters. The van der Waals surface area contributed by atoms with Gasteiger partial charge in [-0.25, -0.2) is 4.39 Å². The van der Waals surface area contributed by atoms with Crippen molar-refractivity contribution in [2.24, 2.45) is 11.8 Å². The highest BCUT2D eigenvalue weighted by molar-refractivity contribution is 6.30. The number of piperidine rings is 1. The molecule has 1 heterocycles. The number of benzene rings is 1. The van der Waals surface area contributed by atoms with Crippen LogP contribution in [0.1, 0.15) is 32.6 Å². The molecule has 1 aliphatic heterocycles. The summed E-state index contributed by atoms with van der Waals surface area (Å²) in [6.45, 7) is 3.64. The number of rotatable bonds is 6. The van der Waals surface area contributed by atoms with E-state index in [2.05, 4.69) is 22.9 Å². The Kier molecular flexibility index (Phi) is 5.00. The summed E-state index contributed by atoms with van der Waals surface area (Å²) in [5, 5.41) is 9.50. The van der Waals surface area contributed by atoms with Gasteiger partial charge in [-0.15, -0.1) is 0 Å². The van der Waals surface area contributed by atoms with Gasteiger partial charge < -0.3 is 20.7 Å². The topological polar surface area (TPSA) is 79.5 Å². The van der Waals surface area contributed by atoms with E-state index in [1.165, 1.54) is 12.1 Å². The second-order valence-corrected chi connectivity index (χ2v) is 8.98. The van der Waals surface area contributed by atoms with E-state index in [9.17, 15) is 14.0 Å². The van der Waals surface area contributed by atoms with Gasteiger partial charge in [-0.05, 0) is 50.3 Å². The molecule has 0 radical (unpaired) electrons. The van der Waals surface area contributed by atoms with E-state index in [1.807, 2.05) is 0 Å². The van der Waals surface area contributed by atoms with Crippen molar-refractivity contribution in [2.45, 2.75) is 43.7 Å². The Morgan fingerprint density at radius 2 is 2.00 bits per heavy atom. The molecule has 4 fully saturated rings. The summed E-state index contributed by atoms with van der Waals surface area (Å²) in [5.74, 6) is -0.0566. The fourth-order valence-corrected chi connectivity index (χ4v) is 4.91. The molecule has 2 atom stereocenters. The maximum atomic E-state index is 13.4. The third-order valence-electron chi connectivity index (χ3n) is 6.25. The van der Waals surface area contributed by atoms with Gasteiger partial charge in [-0.3, -0.25) is 9.59 Å². The highest BCUT2D eigenvalue weighted by atomic mass is 35.5. The van der Waals surface area contributed by atoms with Crippen LogP contribution in [0, 0.1) is 17.7 Å². The number of ether oxygens (including phenoxy) is 1. The molecule has 5 rings (SSSR count). The zero-order valence-electron chi connectivity index (χ0n) is 15.8. The Balaban J connectivity index is 1.21. The molecule has 0 spiro atoms. The molecule has 2 amide bonds. The standard InChI is InChI=1S/C20H25ClFN3O3/c1-12-4-5-23-7-14(12)18(27)25-20-9-19(10-20,11-20)24-17(26)8-28-13-2-3-15(21)16(22)6-13/h2-3,6,12,14,23H,4-5,7-11H2,1H3,(H,24,26)(H,25,27). The van der Waals surface area contributed by atoms with Crippen LogP contribution in [0.4, 0.5) is 4.39 Å². The van der Waals surface area contributed by atoms with Crippen LogP contribution in [0.25, 0.3) is 0 Å². The molecule has 4 aliphatic rings. The largest absolute Gasteiger partial charge is 0.484 e. The average Bonchev–Trinajstić information content (AvgIpc) is 2.60. The van der Waals surface area contributed by atoms with Gasteiger partial charge >= 0.3 is 0 Å². The van der Waals surface area contributed by atoms with Gasteiger partial charge in [-0.1, -0.05) is 18.5 Å². The van der Waals surface area contributed by atoms with Gasteiger partial charge in [0.15, 0.2) is 6.61 Å². The summed E-state index contributed by atoms with van der Waals surface area (Å²) >= 11 is 5.63. The van der Waals surface area contributed by atoms with Crippen LogP contribution in [0.2, 0.25) is 5.02 Å². The molecule has 3 saturated carbocycles. The molecular formula is C20H25ClFN3O3. The van der Waals surface area contributed by atoms with E-state index in [0.29, 0.717) is 5.92 Å². The molecule has 8 heteroatoms. The number of amides is 2. The highest BCUT2D eigenvalue weighted by Gasteiger charge is 2.69. The summed E-state index contributed by atoms with van der Waals surface area (Å²) < 4.78 is 18.7. The minimum absolute atomic E-state index is 0.0106. The van der Waals surface area contributed by atoms with Gasteiger partial charge in [0.1, 0.15) is 11.6 Å². The summed E-state index contributed by atoms with van der Waals surface area (Å²) in [7, 11) is 0. The van der Waals surface area contributed by atoms with Crippen LogP contribution >= 0.6 is 11.6 Å². The van der Waals surface area contributed by atoms with Crippen molar-refractivity contribution in [1.29, 1.82) is 0 Å². The van der Waals surface area contributed by atoms with Crippen molar-refractivity contribution < 1.29 is 18.7 Å². The first-order valence-corrected chi connectivity index (χ1v) is 10.1. The van der Waals surface area contributed by atoms with E-state index in [-0.39, 0.29) is 46.2 Å². The lowest BCUT2D eigenvalue weighted by Gasteiger charge is -2.70. The van der Waals surface area contributed by atoms with Gasteiger partial charge in [0.25, 0.3) is 5.91 Å². The Morgan fingerprint density at radius 1 is 1.29 bits per heavy atom. The van der Waals surface area contributed by atoms with Crippen molar-refractivity contribution >= 4 is 23.4 Å². The smallest absolute Gasteiger partial charge is 0.258 e.